The molecule has 2 heterocycles. The maximum absolute atomic E-state index is 11.1. The molecule has 20 heavy (non-hydrogen) atoms. The summed E-state index contributed by atoms with van der Waals surface area (Å²) in [6.07, 6.45) is 0.701. The second kappa shape index (κ2) is 5.68. The van der Waals surface area contributed by atoms with Crippen LogP contribution >= 0.6 is 22.7 Å². The van der Waals surface area contributed by atoms with Crippen LogP contribution in [0.4, 0.5) is 5.13 Å². The van der Waals surface area contributed by atoms with Gasteiger partial charge in [-0.3, -0.25) is 4.79 Å². The first kappa shape index (κ1) is 14.6. The lowest BCUT2D eigenvalue weighted by molar-refractivity contribution is -0.114. The minimum absolute atomic E-state index is 0.0747. The highest BCUT2D eigenvalue weighted by molar-refractivity contribution is 7.20. The van der Waals surface area contributed by atoms with E-state index in [1.807, 2.05) is 13.8 Å². The molecule has 0 aromatic carbocycles. The fourth-order valence-corrected chi connectivity index (χ4v) is 3.62. The Morgan fingerprint density at radius 2 is 2.00 bits per heavy atom. The van der Waals surface area contributed by atoms with Crippen LogP contribution in [0.1, 0.15) is 34.2 Å². The summed E-state index contributed by atoms with van der Waals surface area (Å²) in [6, 6.07) is 0. The van der Waals surface area contributed by atoms with Crippen molar-refractivity contribution >= 4 is 39.7 Å². The molecule has 0 bridgehead atoms. The molecule has 2 aromatic rings. The van der Waals surface area contributed by atoms with Crippen molar-refractivity contribution < 1.29 is 14.7 Å². The van der Waals surface area contributed by atoms with Crippen LogP contribution in [-0.2, 0) is 11.2 Å². The number of rotatable bonds is 4. The molecule has 0 saturated carbocycles. The van der Waals surface area contributed by atoms with Crippen LogP contribution < -0.4 is 5.32 Å². The monoisotopic (exact) mass is 311 g/mol. The fourth-order valence-electron chi connectivity index (χ4n) is 1.68. The van der Waals surface area contributed by atoms with Gasteiger partial charge in [-0.25, -0.2) is 14.8 Å². The number of thiazole rings is 2. The predicted molar refractivity (Wildman–Crippen MR) is 78.6 cm³/mol. The maximum atomic E-state index is 11.1. The van der Waals surface area contributed by atoms with Gasteiger partial charge in [0.05, 0.1) is 16.3 Å². The standard InChI is InChI=1S/C12H13N3O3S2/c1-4-7-8(15-10(19-7)11(17)18)9-5(2)13-12(20-9)14-6(3)16/h4H2,1-3H3,(H,17,18)(H,13,14,16). The summed E-state index contributed by atoms with van der Waals surface area (Å²) >= 11 is 2.48. The number of anilines is 1. The molecule has 0 atom stereocenters. The van der Waals surface area contributed by atoms with Gasteiger partial charge in [-0.2, -0.15) is 0 Å². The molecule has 0 unspecified atom stereocenters. The van der Waals surface area contributed by atoms with E-state index in [2.05, 4.69) is 15.3 Å². The lowest BCUT2D eigenvalue weighted by Gasteiger charge is -1.96. The number of aryl methyl sites for hydroxylation is 2. The Hall–Kier alpha value is -1.80. The summed E-state index contributed by atoms with van der Waals surface area (Å²) in [5, 5.41) is 12.2. The van der Waals surface area contributed by atoms with Crippen LogP contribution in [0.2, 0.25) is 0 Å². The first-order chi connectivity index (χ1) is 9.42. The molecule has 0 saturated heterocycles. The van der Waals surface area contributed by atoms with Gasteiger partial charge < -0.3 is 10.4 Å². The average Bonchev–Trinajstić information content (AvgIpc) is 2.91. The third kappa shape index (κ3) is 2.86. The highest BCUT2D eigenvalue weighted by atomic mass is 32.1. The van der Waals surface area contributed by atoms with Gasteiger partial charge in [-0.1, -0.05) is 18.3 Å². The molecule has 0 aliphatic rings. The van der Waals surface area contributed by atoms with Gasteiger partial charge in [0.1, 0.15) is 0 Å². The lowest BCUT2D eigenvalue weighted by Crippen LogP contribution is -2.04. The minimum Gasteiger partial charge on any atom is -0.476 e. The van der Waals surface area contributed by atoms with E-state index < -0.39 is 5.97 Å². The maximum Gasteiger partial charge on any atom is 0.365 e. The fraction of sp³-hybridized carbons (Fsp3) is 0.333. The number of carboxylic acid groups (broad SMARTS) is 1. The molecule has 2 aromatic heterocycles. The number of hydrogen-bond acceptors (Lipinski definition) is 6. The van der Waals surface area contributed by atoms with Crippen LogP contribution in [0.25, 0.3) is 10.6 Å². The van der Waals surface area contributed by atoms with Crippen LogP contribution in [0.15, 0.2) is 0 Å². The summed E-state index contributed by atoms with van der Waals surface area (Å²) in [5.41, 5.74) is 1.39. The van der Waals surface area contributed by atoms with Gasteiger partial charge in [-0.05, 0) is 13.3 Å². The Kier molecular flexibility index (Phi) is 4.15. The summed E-state index contributed by atoms with van der Waals surface area (Å²) < 4.78 is 0. The van der Waals surface area contributed by atoms with Gasteiger partial charge in [0.15, 0.2) is 5.13 Å². The lowest BCUT2D eigenvalue weighted by atomic mass is 10.2. The summed E-state index contributed by atoms with van der Waals surface area (Å²) in [7, 11) is 0. The average molecular weight is 311 g/mol. The Bertz CT molecular complexity index is 676. The van der Waals surface area contributed by atoms with Crippen molar-refractivity contribution in [2.24, 2.45) is 0 Å². The minimum atomic E-state index is -1.03. The molecule has 0 radical (unpaired) electrons. The molecule has 0 aliphatic carbocycles. The van der Waals surface area contributed by atoms with Crippen LogP contribution in [0.3, 0.4) is 0 Å². The molecule has 1 amide bonds. The number of carboxylic acids is 1. The predicted octanol–water partition coefficient (Wildman–Crippen LogP) is 2.79. The van der Waals surface area contributed by atoms with Gasteiger partial charge >= 0.3 is 5.97 Å². The molecule has 0 aliphatic heterocycles. The van der Waals surface area contributed by atoms with Gasteiger partial charge in [0, 0.05) is 11.8 Å². The number of nitrogens with zero attached hydrogens (tertiary/aromatic N) is 2. The van der Waals surface area contributed by atoms with Crippen molar-refractivity contribution in [3.05, 3.63) is 15.6 Å². The zero-order chi connectivity index (χ0) is 14.9. The number of carbonyl (C=O) groups excluding carboxylic acids is 1. The van der Waals surface area contributed by atoms with E-state index in [1.54, 1.807) is 0 Å². The molecule has 6 nitrogen and oxygen atoms in total. The molecule has 0 spiro atoms. The van der Waals surface area contributed by atoms with E-state index in [9.17, 15) is 9.59 Å². The first-order valence-electron chi connectivity index (χ1n) is 5.90. The Balaban J connectivity index is 2.47. The molecule has 106 valence electrons. The van der Waals surface area contributed by atoms with Crippen molar-refractivity contribution in [1.82, 2.24) is 9.97 Å². The first-order valence-corrected chi connectivity index (χ1v) is 7.54. The van der Waals surface area contributed by atoms with Crippen LogP contribution in [-0.4, -0.2) is 27.0 Å². The zero-order valence-electron chi connectivity index (χ0n) is 11.2. The smallest absolute Gasteiger partial charge is 0.365 e. The third-order valence-electron chi connectivity index (χ3n) is 2.50. The number of amides is 1. The van der Waals surface area contributed by atoms with Crippen molar-refractivity contribution in [2.45, 2.75) is 27.2 Å². The van der Waals surface area contributed by atoms with Gasteiger partial charge in [-0.15, -0.1) is 11.3 Å². The summed E-state index contributed by atoms with van der Waals surface area (Å²) in [5.74, 6) is -1.22. The van der Waals surface area contributed by atoms with Crippen molar-refractivity contribution in [3.63, 3.8) is 0 Å². The highest BCUT2D eigenvalue weighted by Gasteiger charge is 2.20. The molecule has 0 fully saturated rings. The number of carbonyl (C=O) groups is 2. The third-order valence-corrected chi connectivity index (χ3v) is 4.76. The van der Waals surface area contributed by atoms with Crippen LogP contribution in [0, 0.1) is 6.92 Å². The van der Waals surface area contributed by atoms with E-state index in [1.165, 1.54) is 29.6 Å². The molecular weight excluding hydrogens is 298 g/mol. The van der Waals surface area contributed by atoms with Crippen LogP contribution in [0.5, 0.6) is 0 Å². The second-order valence-electron chi connectivity index (χ2n) is 4.06. The van der Waals surface area contributed by atoms with Crippen molar-refractivity contribution in [2.75, 3.05) is 5.32 Å². The number of hydrogen-bond donors (Lipinski definition) is 2. The van der Waals surface area contributed by atoms with E-state index >= 15 is 0 Å². The quantitative estimate of drug-likeness (QED) is 0.905. The second-order valence-corrected chi connectivity index (χ2v) is 6.15. The Morgan fingerprint density at radius 1 is 1.30 bits per heavy atom. The number of aromatic carboxylic acids is 1. The molecule has 2 rings (SSSR count). The number of aromatic nitrogens is 2. The van der Waals surface area contributed by atoms with E-state index in [0.29, 0.717) is 17.2 Å². The zero-order valence-corrected chi connectivity index (χ0v) is 12.8. The summed E-state index contributed by atoms with van der Waals surface area (Å²) in [6.45, 7) is 5.18. The van der Waals surface area contributed by atoms with E-state index in [-0.39, 0.29) is 10.9 Å². The SMILES string of the molecule is CCc1sc(C(=O)O)nc1-c1sc(NC(C)=O)nc1C. The Labute approximate surface area is 123 Å². The van der Waals surface area contributed by atoms with Gasteiger partial charge in [0.25, 0.3) is 0 Å². The van der Waals surface area contributed by atoms with Crippen molar-refractivity contribution in [1.29, 1.82) is 0 Å². The van der Waals surface area contributed by atoms with Crippen molar-refractivity contribution in [3.8, 4) is 10.6 Å². The van der Waals surface area contributed by atoms with E-state index in [0.717, 1.165) is 15.4 Å². The normalized spacial score (nSPS) is 10.6. The molecular formula is C12H13N3O3S2. The molecule has 8 heteroatoms. The van der Waals surface area contributed by atoms with Gasteiger partial charge in [0.2, 0.25) is 10.9 Å². The number of nitrogens with one attached hydrogen (secondary N) is 1. The molecule has 2 N–H and O–H groups in total. The topological polar surface area (TPSA) is 92.2 Å². The van der Waals surface area contributed by atoms with E-state index in [4.69, 9.17) is 5.11 Å². The largest absolute Gasteiger partial charge is 0.476 e. The summed E-state index contributed by atoms with van der Waals surface area (Å²) in [4.78, 5) is 32.2. The Morgan fingerprint density at radius 3 is 2.55 bits per heavy atom. The highest BCUT2D eigenvalue weighted by Crippen LogP contribution is 2.36.